The molecule has 1 aromatic rings. The van der Waals surface area contributed by atoms with Gasteiger partial charge in [-0.3, -0.25) is 0 Å². The van der Waals surface area contributed by atoms with Gasteiger partial charge in [0.05, 0.1) is 0 Å². The zero-order chi connectivity index (χ0) is 9.31. The van der Waals surface area contributed by atoms with Crippen LogP contribution in [0.25, 0.3) is 0 Å². The Hall–Kier alpha value is -0.600. The SMILES string of the molecule is FC1(Cc2cccc(Cl)c2)CNC1. The maximum Gasteiger partial charge on any atom is 0.139 e. The van der Waals surface area contributed by atoms with Crippen molar-refractivity contribution in [2.75, 3.05) is 13.1 Å². The van der Waals surface area contributed by atoms with Crippen LogP contribution in [0.15, 0.2) is 24.3 Å². The molecule has 0 saturated carbocycles. The van der Waals surface area contributed by atoms with Gasteiger partial charge in [0.25, 0.3) is 0 Å². The first kappa shape index (κ1) is 8.97. The van der Waals surface area contributed by atoms with Crippen LogP contribution in [0.4, 0.5) is 4.39 Å². The van der Waals surface area contributed by atoms with Crippen LogP contribution < -0.4 is 5.32 Å². The van der Waals surface area contributed by atoms with E-state index in [1.807, 2.05) is 18.2 Å². The van der Waals surface area contributed by atoms with Crippen molar-refractivity contribution in [3.8, 4) is 0 Å². The number of hydrogen-bond acceptors (Lipinski definition) is 1. The summed E-state index contributed by atoms with van der Waals surface area (Å²) in [4.78, 5) is 0. The van der Waals surface area contributed by atoms with Gasteiger partial charge in [-0.2, -0.15) is 0 Å². The van der Waals surface area contributed by atoms with Crippen molar-refractivity contribution < 1.29 is 4.39 Å². The molecule has 0 aliphatic carbocycles. The second-order valence-electron chi connectivity index (χ2n) is 3.56. The predicted molar refractivity (Wildman–Crippen MR) is 51.9 cm³/mol. The molecular weight excluding hydrogens is 189 g/mol. The van der Waals surface area contributed by atoms with Crippen LogP contribution >= 0.6 is 11.6 Å². The molecule has 1 saturated heterocycles. The molecule has 0 spiro atoms. The highest BCUT2D eigenvalue weighted by molar-refractivity contribution is 6.30. The van der Waals surface area contributed by atoms with E-state index in [4.69, 9.17) is 11.6 Å². The Labute approximate surface area is 81.9 Å². The van der Waals surface area contributed by atoms with Crippen LogP contribution in [-0.2, 0) is 6.42 Å². The van der Waals surface area contributed by atoms with E-state index in [-0.39, 0.29) is 0 Å². The Balaban J connectivity index is 2.09. The Morgan fingerprint density at radius 2 is 2.23 bits per heavy atom. The van der Waals surface area contributed by atoms with Gasteiger partial charge in [-0.15, -0.1) is 0 Å². The van der Waals surface area contributed by atoms with Crippen molar-refractivity contribution in [3.05, 3.63) is 34.9 Å². The summed E-state index contributed by atoms with van der Waals surface area (Å²) in [6.07, 6.45) is 0.459. The lowest BCUT2D eigenvalue weighted by Crippen LogP contribution is -2.57. The van der Waals surface area contributed by atoms with Crippen LogP contribution in [0.2, 0.25) is 5.02 Å². The van der Waals surface area contributed by atoms with Gasteiger partial charge >= 0.3 is 0 Å². The van der Waals surface area contributed by atoms with Gasteiger partial charge in [-0.25, -0.2) is 4.39 Å². The molecule has 2 rings (SSSR count). The van der Waals surface area contributed by atoms with E-state index in [0.717, 1.165) is 5.56 Å². The largest absolute Gasteiger partial charge is 0.310 e. The average molecular weight is 200 g/mol. The molecular formula is C10H11ClFN. The van der Waals surface area contributed by atoms with Gasteiger partial charge in [0.1, 0.15) is 5.67 Å². The average Bonchev–Trinajstić information content (AvgIpc) is 2.01. The van der Waals surface area contributed by atoms with E-state index in [1.165, 1.54) is 0 Å². The van der Waals surface area contributed by atoms with Crippen LogP contribution in [0.3, 0.4) is 0 Å². The minimum absolute atomic E-state index is 0.458. The molecule has 1 nitrogen and oxygen atoms in total. The number of alkyl halides is 1. The monoisotopic (exact) mass is 199 g/mol. The van der Waals surface area contributed by atoms with Crippen molar-refractivity contribution in [1.29, 1.82) is 0 Å². The van der Waals surface area contributed by atoms with Crippen LogP contribution in [0.1, 0.15) is 5.56 Å². The lowest BCUT2D eigenvalue weighted by atomic mass is 9.91. The summed E-state index contributed by atoms with van der Waals surface area (Å²) >= 11 is 5.80. The topological polar surface area (TPSA) is 12.0 Å². The molecule has 0 atom stereocenters. The van der Waals surface area contributed by atoms with Gasteiger partial charge in [0.2, 0.25) is 0 Å². The molecule has 1 N–H and O–H groups in total. The Morgan fingerprint density at radius 3 is 2.77 bits per heavy atom. The molecule has 70 valence electrons. The minimum atomic E-state index is -1.05. The van der Waals surface area contributed by atoms with E-state index >= 15 is 0 Å². The molecule has 1 aromatic carbocycles. The van der Waals surface area contributed by atoms with E-state index in [1.54, 1.807) is 6.07 Å². The predicted octanol–water partition coefficient (Wildman–Crippen LogP) is 2.19. The standard InChI is InChI=1S/C10H11ClFN/c11-9-3-1-2-8(4-9)5-10(12)6-13-7-10/h1-4,13H,5-7H2. The summed E-state index contributed by atoms with van der Waals surface area (Å²) in [6.45, 7) is 0.916. The number of hydrogen-bond donors (Lipinski definition) is 1. The van der Waals surface area contributed by atoms with Crippen molar-refractivity contribution in [2.24, 2.45) is 0 Å². The summed E-state index contributed by atoms with van der Waals surface area (Å²) in [5.74, 6) is 0. The lowest BCUT2D eigenvalue weighted by molar-refractivity contribution is 0.0912. The molecule has 3 heteroatoms. The van der Waals surface area contributed by atoms with Crippen molar-refractivity contribution >= 4 is 11.6 Å². The smallest absolute Gasteiger partial charge is 0.139 e. The zero-order valence-electron chi connectivity index (χ0n) is 7.19. The Morgan fingerprint density at radius 1 is 1.46 bits per heavy atom. The van der Waals surface area contributed by atoms with Crippen molar-refractivity contribution in [2.45, 2.75) is 12.1 Å². The number of halogens is 2. The molecule has 13 heavy (non-hydrogen) atoms. The highest BCUT2D eigenvalue weighted by Gasteiger charge is 2.36. The van der Waals surface area contributed by atoms with Gasteiger partial charge in [-0.1, -0.05) is 23.7 Å². The first-order valence-corrected chi connectivity index (χ1v) is 4.70. The lowest BCUT2D eigenvalue weighted by Gasteiger charge is -2.35. The maximum absolute atomic E-state index is 13.6. The van der Waals surface area contributed by atoms with Crippen molar-refractivity contribution in [3.63, 3.8) is 0 Å². The van der Waals surface area contributed by atoms with Crippen LogP contribution in [0.5, 0.6) is 0 Å². The molecule has 0 unspecified atom stereocenters. The first-order valence-electron chi connectivity index (χ1n) is 4.32. The van der Waals surface area contributed by atoms with Crippen molar-refractivity contribution in [1.82, 2.24) is 5.32 Å². The van der Waals surface area contributed by atoms with Crippen LogP contribution in [0, 0.1) is 0 Å². The quantitative estimate of drug-likeness (QED) is 0.770. The molecule has 0 amide bonds. The molecule has 1 heterocycles. The maximum atomic E-state index is 13.6. The fourth-order valence-electron chi connectivity index (χ4n) is 1.53. The van der Waals surface area contributed by atoms with E-state index in [2.05, 4.69) is 5.32 Å². The molecule has 0 bridgehead atoms. The van der Waals surface area contributed by atoms with E-state index in [9.17, 15) is 4.39 Å². The zero-order valence-corrected chi connectivity index (χ0v) is 7.94. The third-order valence-corrected chi connectivity index (χ3v) is 2.53. The summed E-state index contributed by atoms with van der Waals surface area (Å²) in [7, 11) is 0. The van der Waals surface area contributed by atoms with Gasteiger partial charge in [-0.05, 0) is 17.7 Å². The second-order valence-corrected chi connectivity index (χ2v) is 4.00. The van der Waals surface area contributed by atoms with Gasteiger partial charge in [0.15, 0.2) is 0 Å². The summed E-state index contributed by atoms with van der Waals surface area (Å²) in [5.41, 5.74) is -0.0819. The molecule has 0 radical (unpaired) electrons. The third-order valence-electron chi connectivity index (χ3n) is 2.29. The summed E-state index contributed by atoms with van der Waals surface area (Å²) in [6, 6.07) is 7.38. The Kier molecular flexibility index (Phi) is 2.26. The highest BCUT2D eigenvalue weighted by atomic mass is 35.5. The number of nitrogens with one attached hydrogen (secondary N) is 1. The van der Waals surface area contributed by atoms with Crippen LogP contribution in [-0.4, -0.2) is 18.8 Å². The normalized spacial score (nSPS) is 19.5. The van der Waals surface area contributed by atoms with Gasteiger partial charge < -0.3 is 5.32 Å². The summed E-state index contributed by atoms with van der Waals surface area (Å²) in [5, 5.41) is 3.60. The second kappa shape index (κ2) is 3.28. The summed E-state index contributed by atoms with van der Waals surface area (Å²) < 4.78 is 13.6. The third kappa shape index (κ3) is 2.01. The highest BCUT2D eigenvalue weighted by Crippen LogP contribution is 2.23. The molecule has 1 aliphatic rings. The number of rotatable bonds is 2. The molecule has 1 aliphatic heterocycles. The van der Waals surface area contributed by atoms with Gasteiger partial charge in [0, 0.05) is 24.5 Å². The molecule has 0 aromatic heterocycles. The van der Waals surface area contributed by atoms with E-state index < -0.39 is 5.67 Å². The first-order chi connectivity index (χ1) is 6.18. The molecule has 1 fully saturated rings. The fourth-order valence-corrected chi connectivity index (χ4v) is 1.75. The minimum Gasteiger partial charge on any atom is -0.310 e. The van der Waals surface area contributed by atoms with E-state index in [0.29, 0.717) is 24.5 Å². The fraction of sp³-hybridized carbons (Fsp3) is 0.400. The number of benzene rings is 1. The Bertz CT molecular complexity index is 310.